The third-order valence-electron chi connectivity index (χ3n) is 9.63. The lowest BCUT2D eigenvalue weighted by Gasteiger charge is -2.46. The van der Waals surface area contributed by atoms with Gasteiger partial charge in [0.2, 0.25) is 0 Å². The average Bonchev–Trinajstić information content (AvgIpc) is 2.76. The van der Waals surface area contributed by atoms with Crippen LogP contribution < -0.4 is 0 Å². The van der Waals surface area contributed by atoms with E-state index >= 15 is 0 Å². The van der Waals surface area contributed by atoms with Crippen LogP contribution >= 0.6 is 0 Å². The van der Waals surface area contributed by atoms with Crippen LogP contribution in [-0.4, -0.2) is 0 Å². The Morgan fingerprint density at radius 1 is 0.955 bits per heavy atom. The van der Waals surface area contributed by atoms with Gasteiger partial charge >= 0.3 is 0 Å². The molecule has 0 saturated heterocycles. The lowest BCUT2D eigenvalue weighted by Crippen LogP contribution is -2.40. The minimum Gasteiger partial charge on any atom is -0.0654 e. The van der Waals surface area contributed by atoms with Gasteiger partial charge in [-0.3, -0.25) is 0 Å². The van der Waals surface area contributed by atoms with Crippen LogP contribution in [0.1, 0.15) is 92.4 Å². The van der Waals surface area contributed by atoms with Crippen LogP contribution in [0, 0.1) is 45.8 Å². The summed E-state index contributed by atoms with van der Waals surface area (Å²) in [6.07, 6.45) is 13.8. The van der Waals surface area contributed by atoms with Gasteiger partial charge in [0.15, 0.2) is 0 Å². The summed E-state index contributed by atoms with van der Waals surface area (Å²) in [4.78, 5) is 0. The molecule has 0 aliphatic heterocycles. The van der Waals surface area contributed by atoms with Crippen molar-refractivity contribution < 1.29 is 0 Å². The van der Waals surface area contributed by atoms with Crippen molar-refractivity contribution in [1.29, 1.82) is 0 Å². The Labute approximate surface area is 138 Å². The fraction of sp³-hybridized carbons (Fsp3) is 1.00. The second kappa shape index (κ2) is 4.76. The molecular formula is C22H38. The van der Waals surface area contributed by atoms with Gasteiger partial charge in [-0.05, 0) is 90.8 Å². The molecule has 0 bridgehead atoms. The summed E-state index contributed by atoms with van der Waals surface area (Å²) >= 11 is 0. The molecule has 4 fully saturated rings. The highest BCUT2D eigenvalue weighted by Crippen LogP contribution is 2.91. The van der Waals surface area contributed by atoms with E-state index in [2.05, 4.69) is 34.6 Å². The highest BCUT2D eigenvalue weighted by atomic mass is 14.9. The molecule has 0 radical (unpaired) electrons. The molecule has 4 saturated carbocycles. The summed E-state index contributed by atoms with van der Waals surface area (Å²) in [5.41, 5.74) is 2.29. The summed E-state index contributed by atoms with van der Waals surface area (Å²) in [7, 11) is 0. The lowest BCUT2D eigenvalue weighted by atomic mass is 9.58. The van der Waals surface area contributed by atoms with Gasteiger partial charge in [0.1, 0.15) is 0 Å². The predicted octanol–water partition coefficient (Wildman–Crippen LogP) is 6.69. The van der Waals surface area contributed by atoms with E-state index in [-0.39, 0.29) is 0 Å². The first-order valence-corrected chi connectivity index (χ1v) is 10.5. The summed E-state index contributed by atoms with van der Waals surface area (Å²) in [5, 5.41) is 0. The molecule has 0 heteroatoms. The van der Waals surface area contributed by atoms with E-state index in [0.29, 0.717) is 5.41 Å². The Hall–Kier alpha value is 0. The van der Waals surface area contributed by atoms with Gasteiger partial charge in [-0.15, -0.1) is 0 Å². The molecule has 22 heavy (non-hydrogen) atoms. The van der Waals surface area contributed by atoms with Crippen LogP contribution in [0.15, 0.2) is 0 Å². The highest BCUT2D eigenvalue weighted by Gasteiger charge is 2.84. The first kappa shape index (κ1) is 15.5. The molecule has 0 nitrogen and oxygen atoms in total. The van der Waals surface area contributed by atoms with Crippen molar-refractivity contribution in [3.05, 3.63) is 0 Å². The molecule has 0 N–H and O–H groups in total. The van der Waals surface area contributed by atoms with Gasteiger partial charge < -0.3 is 0 Å². The molecule has 4 rings (SSSR count). The normalized spacial score (nSPS) is 55.9. The van der Waals surface area contributed by atoms with E-state index < -0.39 is 0 Å². The van der Waals surface area contributed by atoms with E-state index in [4.69, 9.17) is 0 Å². The smallest absolute Gasteiger partial charge is 0.0168 e. The van der Waals surface area contributed by atoms with E-state index in [9.17, 15) is 0 Å². The Balaban J connectivity index is 1.73. The average molecular weight is 303 g/mol. The van der Waals surface area contributed by atoms with E-state index in [1.54, 1.807) is 38.5 Å². The van der Waals surface area contributed by atoms with Crippen LogP contribution in [0.25, 0.3) is 0 Å². The standard InChI is InChI=1S/C22H38/c1-6-12-21-16(7-2)10-14-22(21)18-9-8-17(15(3)4)20(18,5)13-11-19(21)22/h15-19H,6-14H2,1-5H3. The first-order chi connectivity index (χ1) is 10.5. The molecule has 0 aromatic carbocycles. The van der Waals surface area contributed by atoms with E-state index in [1.165, 1.54) is 19.3 Å². The Bertz CT molecular complexity index is 451. The predicted molar refractivity (Wildman–Crippen MR) is 94.7 cm³/mol. The molecule has 0 aromatic rings. The number of rotatable bonds is 4. The second-order valence-corrected chi connectivity index (χ2v) is 10.1. The molecule has 0 aromatic heterocycles. The van der Waals surface area contributed by atoms with Crippen LogP contribution in [-0.2, 0) is 0 Å². The fourth-order valence-corrected chi connectivity index (χ4v) is 9.36. The Morgan fingerprint density at radius 3 is 2.36 bits per heavy atom. The Kier molecular flexibility index (Phi) is 3.36. The minimum absolute atomic E-state index is 0.683. The zero-order valence-electron chi connectivity index (χ0n) is 15.8. The van der Waals surface area contributed by atoms with Crippen molar-refractivity contribution >= 4 is 0 Å². The number of fused-ring (bicyclic) bond motifs is 2. The molecule has 7 unspecified atom stereocenters. The van der Waals surface area contributed by atoms with Gasteiger partial charge in [0.25, 0.3) is 0 Å². The van der Waals surface area contributed by atoms with E-state index in [1.807, 2.05) is 0 Å². The maximum atomic E-state index is 2.72. The zero-order chi connectivity index (χ0) is 15.8. The maximum absolute atomic E-state index is 2.72. The van der Waals surface area contributed by atoms with Gasteiger partial charge in [0.05, 0.1) is 0 Å². The fourth-order valence-electron chi connectivity index (χ4n) is 9.36. The number of hydrogen-bond donors (Lipinski definition) is 0. The summed E-state index contributed by atoms with van der Waals surface area (Å²) in [6, 6.07) is 0. The Morgan fingerprint density at radius 2 is 1.73 bits per heavy atom. The van der Waals surface area contributed by atoms with Crippen LogP contribution in [0.2, 0.25) is 0 Å². The summed E-state index contributed by atoms with van der Waals surface area (Å²) < 4.78 is 0. The minimum atomic E-state index is 0.683. The van der Waals surface area contributed by atoms with Crippen molar-refractivity contribution in [2.75, 3.05) is 0 Å². The van der Waals surface area contributed by atoms with Gasteiger partial charge in [-0.1, -0.05) is 47.5 Å². The molecule has 4 aliphatic rings. The first-order valence-electron chi connectivity index (χ1n) is 10.5. The van der Waals surface area contributed by atoms with Gasteiger partial charge in [-0.25, -0.2) is 0 Å². The number of hydrogen-bond acceptors (Lipinski definition) is 0. The van der Waals surface area contributed by atoms with Crippen molar-refractivity contribution in [3.63, 3.8) is 0 Å². The summed E-state index contributed by atoms with van der Waals surface area (Å²) in [6.45, 7) is 12.6. The van der Waals surface area contributed by atoms with Crippen molar-refractivity contribution in [2.24, 2.45) is 45.8 Å². The molecular weight excluding hydrogens is 264 g/mol. The van der Waals surface area contributed by atoms with Crippen LogP contribution in [0.4, 0.5) is 0 Å². The van der Waals surface area contributed by atoms with Crippen LogP contribution in [0.3, 0.4) is 0 Å². The van der Waals surface area contributed by atoms with Crippen molar-refractivity contribution in [1.82, 2.24) is 0 Å². The monoisotopic (exact) mass is 302 g/mol. The lowest BCUT2D eigenvalue weighted by molar-refractivity contribution is 0.0194. The topological polar surface area (TPSA) is 0 Å². The molecule has 126 valence electrons. The molecule has 1 spiro atoms. The quantitative estimate of drug-likeness (QED) is 0.542. The zero-order valence-corrected chi connectivity index (χ0v) is 15.8. The molecule has 4 aliphatic carbocycles. The largest absolute Gasteiger partial charge is 0.0654 e. The molecule has 0 heterocycles. The van der Waals surface area contributed by atoms with Gasteiger partial charge in [0, 0.05) is 0 Å². The second-order valence-electron chi connectivity index (χ2n) is 10.1. The van der Waals surface area contributed by atoms with Crippen molar-refractivity contribution in [2.45, 2.75) is 92.4 Å². The van der Waals surface area contributed by atoms with E-state index in [0.717, 1.165) is 40.4 Å². The molecule has 7 atom stereocenters. The van der Waals surface area contributed by atoms with Crippen molar-refractivity contribution in [3.8, 4) is 0 Å². The van der Waals surface area contributed by atoms with Gasteiger partial charge in [-0.2, -0.15) is 0 Å². The summed E-state index contributed by atoms with van der Waals surface area (Å²) in [5.74, 6) is 5.17. The third-order valence-corrected chi connectivity index (χ3v) is 9.63. The third kappa shape index (κ3) is 1.47. The van der Waals surface area contributed by atoms with Crippen LogP contribution in [0.5, 0.6) is 0 Å². The molecule has 0 amide bonds. The maximum Gasteiger partial charge on any atom is -0.0168 e. The SMILES string of the molecule is CCCC12C(CC)CCC13C1CCC(C(C)C)C1(C)CCC23. The highest BCUT2D eigenvalue weighted by molar-refractivity contribution is 5.32.